The summed E-state index contributed by atoms with van der Waals surface area (Å²) in [4.78, 5) is 30.1. The SMILES string of the molecule is CCOC(=O)c1c(C)nc(C)c(C(=O)OCC)c1-c1cc(OC)c(OC)c(OC)c1. The number of rotatable bonds is 8. The van der Waals surface area contributed by atoms with Gasteiger partial charge in [0.1, 0.15) is 0 Å². The Morgan fingerprint density at radius 3 is 1.57 bits per heavy atom. The average Bonchev–Trinajstić information content (AvgIpc) is 2.72. The van der Waals surface area contributed by atoms with Crippen LogP contribution in [0.5, 0.6) is 17.2 Å². The van der Waals surface area contributed by atoms with Gasteiger partial charge >= 0.3 is 11.9 Å². The number of nitrogens with zero attached hydrogens (tertiary/aromatic N) is 1. The lowest BCUT2D eigenvalue weighted by Gasteiger charge is -2.20. The Labute approximate surface area is 176 Å². The maximum absolute atomic E-state index is 12.8. The summed E-state index contributed by atoms with van der Waals surface area (Å²) >= 11 is 0. The second-order valence-corrected chi connectivity index (χ2v) is 6.26. The maximum Gasteiger partial charge on any atom is 0.340 e. The highest BCUT2D eigenvalue weighted by Crippen LogP contribution is 2.43. The topological polar surface area (TPSA) is 93.2 Å². The number of carbonyl (C=O) groups excluding carboxylic acids is 2. The van der Waals surface area contributed by atoms with E-state index in [0.29, 0.717) is 39.8 Å². The number of aromatic nitrogens is 1. The van der Waals surface area contributed by atoms with Crippen LogP contribution in [-0.2, 0) is 9.47 Å². The van der Waals surface area contributed by atoms with Crippen molar-refractivity contribution in [3.8, 4) is 28.4 Å². The molecule has 0 bridgehead atoms. The van der Waals surface area contributed by atoms with Gasteiger partial charge in [0.15, 0.2) is 11.5 Å². The van der Waals surface area contributed by atoms with Crippen LogP contribution in [0, 0.1) is 13.8 Å². The monoisotopic (exact) mass is 417 g/mol. The first-order chi connectivity index (χ1) is 14.3. The smallest absolute Gasteiger partial charge is 0.340 e. The molecule has 1 aromatic heterocycles. The van der Waals surface area contributed by atoms with Crippen molar-refractivity contribution < 1.29 is 33.3 Å². The van der Waals surface area contributed by atoms with Crippen molar-refractivity contribution in [1.82, 2.24) is 4.98 Å². The predicted molar refractivity (Wildman–Crippen MR) is 111 cm³/mol. The fraction of sp³-hybridized carbons (Fsp3) is 0.409. The van der Waals surface area contributed by atoms with Crippen LogP contribution in [0.1, 0.15) is 46.0 Å². The average molecular weight is 417 g/mol. The van der Waals surface area contributed by atoms with Crippen molar-refractivity contribution in [2.24, 2.45) is 0 Å². The first-order valence-electron chi connectivity index (χ1n) is 9.50. The van der Waals surface area contributed by atoms with E-state index in [2.05, 4.69) is 4.98 Å². The Hall–Kier alpha value is -3.29. The quantitative estimate of drug-likeness (QED) is 0.600. The van der Waals surface area contributed by atoms with Crippen molar-refractivity contribution in [3.63, 3.8) is 0 Å². The zero-order valence-corrected chi connectivity index (χ0v) is 18.4. The second kappa shape index (κ2) is 9.96. The fourth-order valence-corrected chi connectivity index (χ4v) is 3.27. The van der Waals surface area contributed by atoms with Crippen molar-refractivity contribution in [3.05, 3.63) is 34.6 Å². The standard InChI is InChI=1S/C22H27NO7/c1-8-29-21(24)17-12(3)23-13(4)18(22(25)30-9-2)19(17)14-10-15(26-5)20(28-7)16(11-14)27-6/h10-11H,8-9H2,1-7H3. The van der Waals surface area contributed by atoms with Crippen LogP contribution < -0.4 is 14.2 Å². The second-order valence-electron chi connectivity index (χ2n) is 6.26. The minimum Gasteiger partial charge on any atom is -0.493 e. The largest absolute Gasteiger partial charge is 0.493 e. The number of aryl methyl sites for hydroxylation is 2. The Balaban J connectivity index is 2.98. The molecule has 0 amide bonds. The van der Waals surface area contributed by atoms with Gasteiger partial charge in [-0.1, -0.05) is 0 Å². The van der Waals surface area contributed by atoms with Crippen LogP contribution in [0.4, 0.5) is 0 Å². The first kappa shape index (κ1) is 23.0. The van der Waals surface area contributed by atoms with Gasteiger partial charge < -0.3 is 23.7 Å². The lowest BCUT2D eigenvalue weighted by atomic mass is 9.92. The third kappa shape index (κ3) is 4.32. The highest BCUT2D eigenvalue weighted by molar-refractivity contribution is 6.07. The molecule has 0 aliphatic carbocycles. The van der Waals surface area contributed by atoms with E-state index in [1.165, 1.54) is 21.3 Å². The number of esters is 2. The molecule has 162 valence electrons. The van der Waals surface area contributed by atoms with Crippen molar-refractivity contribution in [1.29, 1.82) is 0 Å². The normalized spacial score (nSPS) is 10.4. The molecular formula is C22H27NO7. The number of hydrogen-bond acceptors (Lipinski definition) is 8. The van der Waals surface area contributed by atoms with Crippen LogP contribution in [0.3, 0.4) is 0 Å². The Kier molecular flexibility index (Phi) is 7.63. The van der Waals surface area contributed by atoms with E-state index in [9.17, 15) is 9.59 Å². The van der Waals surface area contributed by atoms with Gasteiger partial charge in [0.25, 0.3) is 0 Å². The van der Waals surface area contributed by atoms with Gasteiger partial charge in [-0.2, -0.15) is 0 Å². The van der Waals surface area contributed by atoms with Crippen LogP contribution in [-0.4, -0.2) is 51.5 Å². The van der Waals surface area contributed by atoms with E-state index < -0.39 is 11.9 Å². The third-order valence-electron chi connectivity index (χ3n) is 4.47. The van der Waals surface area contributed by atoms with E-state index in [0.717, 1.165) is 0 Å². The molecule has 0 fully saturated rings. The molecule has 8 nitrogen and oxygen atoms in total. The summed E-state index contributed by atoms with van der Waals surface area (Å²) in [5.41, 5.74) is 2.07. The molecule has 0 N–H and O–H groups in total. The minimum absolute atomic E-state index is 0.176. The van der Waals surface area contributed by atoms with E-state index in [1.807, 2.05) is 0 Å². The summed E-state index contributed by atoms with van der Waals surface area (Å²) in [5, 5.41) is 0. The molecule has 0 saturated carbocycles. The van der Waals surface area contributed by atoms with Gasteiger partial charge in [-0.05, 0) is 45.4 Å². The number of methoxy groups -OCH3 is 3. The van der Waals surface area contributed by atoms with Crippen LogP contribution in [0.25, 0.3) is 11.1 Å². The van der Waals surface area contributed by atoms with Gasteiger partial charge in [-0.25, -0.2) is 9.59 Å². The van der Waals surface area contributed by atoms with Crippen molar-refractivity contribution in [2.45, 2.75) is 27.7 Å². The molecule has 0 aliphatic heterocycles. The minimum atomic E-state index is -0.586. The number of ether oxygens (including phenoxy) is 5. The molecule has 2 rings (SSSR count). The first-order valence-corrected chi connectivity index (χ1v) is 9.50. The van der Waals surface area contributed by atoms with Crippen molar-refractivity contribution in [2.75, 3.05) is 34.5 Å². The van der Waals surface area contributed by atoms with Crippen LogP contribution in [0.2, 0.25) is 0 Å². The highest BCUT2D eigenvalue weighted by atomic mass is 16.5. The van der Waals surface area contributed by atoms with Gasteiger partial charge in [0.2, 0.25) is 5.75 Å². The van der Waals surface area contributed by atoms with Gasteiger partial charge in [-0.3, -0.25) is 4.98 Å². The molecule has 8 heteroatoms. The van der Waals surface area contributed by atoms with Crippen LogP contribution >= 0.6 is 0 Å². The van der Waals surface area contributed by atoms with Crippen molar-refractivity contribution >= 4 is 11.9 Å². The molecule has 2 aromatic rings. The summed E-state index contributed by atoms with van der Waals surface area (Å²) < 4.78 is 26.8. The molecular weight excluding hydrogens is 390 g/mol. The predicted octanol–water partition coefficient (Wildman–Crippen LogP) is 3.74. The summed E-state index contributed by atoms with van der Waals surface area (Å²) in [5.74, 6) is -0.0256. The highest BCUT2D eigenvalue weighted by Gasteiger charge is 2.29. The lowest BCUT2D eigenvalue weighted by Crippen LogP contribution is -2.17. The number of benzene rings is 1. The zero-order chi connectivity index (χ0) is 22.4. The number of pyridine rings is 1. The Morgan fingerprint density at radius 2 is 1.23 bits per heavy atom. The fourth-order valence-electron chi connectivity index (χ4n) is 3.27. The molecule has 1 aromatic carbocycles. The Morgan fingerprint density at radius 1 is 0.800 bits per heavy atom. The molecule has 0 saturated heterocycles. The molecule has 0 aliphatic rings. The van der Waals surface area contributed by atoms with Gasteiger partial charge in [0, 0.05) is 5.56 Å². The summed E-state index contributed by atoms with van der Waals surface area (Å²) in [6.07, 6.45) is 0. The lowest BCUT2D eigenvalue weighted by molar-refractivity contribution is 0.0525. The summed E-state index contributed by atoms with van der Waals surface area (Å²) in [7, 11) is 4.47. The number of carbonyl (C=O) groups is 2. The summed E-state index contributed by atoms with van der Waals surface area (Å²) in [6, 6.07) is 3.34. The number of hydrogen-bond donors (Lipinski definition) is 0. The van der Waals surface area contributed by atoms with Gasteiger partial charge in [-0.15, -0.1) is 0 Å². The van der Waals surface area contributed by atoms with E-state index in [1.54, 1.807) is 39.8 Å². The third-order valence-corrected chi connectivity index (χ3v) is 4.47. The zero-order valence-electron chi connectivity index (χ0n) is 18.4. The van der Waals surface area contributed by atoms with E-state index in [-0.39, 0.29) is 24.3 Å². The Bertz CT molecular complexity index is 886. The molecule has 30 heavy (non-hydrogen) atoms. The summed E-state index contributed by atoms with van der Waals surface area (Å²) in [6.45, 7) is 7.15. The van der Waals surface area contributed by atoms with E-state index >= 15 is 0 Å². The molecule has 1 heterocycles. The molecule has 0 spiro atoms. The van der Waals surface area contributed by atoms with Gasteiger partial charge in [0.05, 0.1) is 57.1 Å². The van der Waals surface area contributed by atoms with E-state index in [4.69, 9.17) is 23.7 Å². The molecule has 0 radical (unpaired) electrons. The van der Waals surface area contributed by atoms with Crippen LogP contribution in [0.15, 0.2) is 12.1 Å². The molecule has 0 unspecified atom stereocenters. The molecule has 0 atom stereocenters. The maximum atomic E-state index is 12.8.